The van der Waals surface area contributed by atoms with Crippen molar-refractivity contribution >= 4 is 11.9 Å². The number of quaternary nitrogens is 1. The van der Waals surface area contributed by atoms with Crippen LogP contribution in [-0.2, 0) is 19.1 Å². The number of rotatable bonds is 36. The maximum atomic E-state index is 12.9. The summed E-state index contributed by atoms with van der Waals surface area (Å²) in [5, 5.41) is 0. The molecule has 5 nitrogen and oxygen atoms in total. The molecule has 0 aromatic carbocycles. The minimum Gasteiger partial charge on any atom is -0.374 e. The first-order valence-electron chi connectivity index (χ1n) is 21.0. The van der Waals surface area contributed by atoms with Crippen LogP contribution in [0.15, 0.2) is 0 Å². The summed E-state index contributed by atoms with van der Waals surface area (Å²) in [5.41, 5.74) is 0. The van der Waals surface area contributed by atoms with Crippen LogP contribution in [0.3, 0.4) is 0 Å². The van der Waals surface area contributed by atoms with Crippen LogP contribution in [0.2, 0.25) is 0 Å². The number of hydrogen-bond donors (Lipinski definition) is 0. The Kier molecular flexibility index (Phi) is 31.4. The minimum absolute atomic E-state index is 0.249. The molecule has 0 saturated heterocycles. The molecular formula is C42H84NO4+. The molecule has 280 valence electrons. The molecule has 0 aromatic rings. The summed E-state index contributed by atoms with van der Waals surface area (Å²) >= 11 is 0. The highest BCUT2D eigenvalue weighted by Gasteiger charge is 2.50. The molecule has 0 aromatic heterocycles. The Hall–Kier alpha value is -1.10. The van der Waals surface area contributed by atoms with E-state index in [0.29, 0.717) is 19.3 Å². The van der Waals surface area contributed by atoms with E-state index in [0.717, 1.165) is 25.7 Å². The van der Waals surface area contributed by atoms with Gasteiger partial charge in [-0.3, -0.25) is 14.1 Å². The Balaban J connectivity index is 4.01. The van der Waals surface area contributed by atoms with E-state index in [-0.39, 0.29) is 16.4 Å². The Morgan fingerprint density at radius 2 is 0.596 bits per heavy atom. The molecule has 0 amide bonds. The van der Waals surface area contributed by atoms with Gasteiger partial charge < -0.3 is 9.47 Å². The van der Waals surface area contributed by atoms with E-state index in [1.807, 2.05) is 28.1 Å². The van der Waals surface area contributed by atoms with Gasteiger partial charge in [-0.05, 0) is 12.8 Å². The number of esters is 2. The Labute approximate surface area is 294 Å². The predicted octanol–water partition coefficient (Wildman–Crippen LogP) is 13.4. The van der Waals surface area contributed by atoms with E-state index >= 15 is 0 Å². The van der Waals surface area contributed by atoms with Gasteiger partial charge in [-0.25, -0.2) is 0 Å². The Bertz CT molecular complexity index is 653. The van der Waals surface area contributed by atoms with E-state index in [1.165, 1.54) is 167 Å². The van der Waals surface area contributed by atoms with Crippen molar-refractivity contribution in [2.24, 2.45) is 0 Å². The van der Waals surface area contributed by atoms with Crippen LogP contribution >= 0.6 is 0 Å². The second-order valence-electron chi connectivity index (χ2n) is 15.4. The molecule has 0 aliphatic carbocycles. The van der Waals surface area contributed by atoms with Crippen molar-refractivity contribution in [3.05, 3.63) is 0 Å². The smallest absolute Gasteiger partial charge is 0.374 e. The fourth-order valence-electron chi connectivity index (χ4n) is 6.65. The zero-order valence-corrected chi connectivity index (χ0v) is 32.9. The average molecular weight is 667 g/mol. The minimum atomic E-state index is -1.26. The maximum absolute atomic E-state index is 12.9. The zero-order chi connectivity index (χ0) is 34.9. The first kappa shape index (κ1) is 45.9. The van der Waals surface area contributed by atoms with Crippen molar-refractivity contribution in [2.45, 2.75) is 239 Å². The number of carbonyl (C=O) groups excluding carboxylic acids is 2. The first-order valence-corrected chi connectivity index (χ1v) is 21.0. The number of carbonyl (C=O) groups is 2. The topological polar surface area (TPSA) is 52.6 Å². The van der Waals surface area contributed by atoms with E-state index < -0.39 is 5.91 Å². The van der Waals surface area contributed by atoms with Crippen molar-refractivity contribution in [3.8, 4) is 0 Å². The number of hydrogen-bond acceptors (Lipinski definition) is 4. The predicted molar refractivity (Wildman–Crippen MR) is 202 cm³/mol. The van der Waals surface area contributed by atoms with Crippen LogP contribution in [0, 0.1) is 0 Å². The normalized spacial score (nSPS) is 12.0. The standard InChI is InChI=1S/C42H84NO4/c1-7-10-12-14-16-18-20-22-24-26-28-30-32-34-36-38-40(44)46-42(9-3,43(4,5)6)47-41(45)39-37-35-33-31-29-27-25-23-21-19-17-15-13-11-8-2/h7-39H2,1-6H3/q+1. The molecule has 0 aliphatic heterocycles. The Morgan fingerprint density at radius 1 is 0.383 bits per heavy atom. The van der Waals surface area contributed by atoms with Gasteiger partial charge in [0.15, 0.2) is 0 Å². The molecule has 0 unspecified atom stereocenters. The molecule has 0 spiro atoms. The molecule has 5 heteroatoms. The lowest BCUT2D eigenvalue weighted by Crippen LogP contribution is -2.61. The fourth-order valence-corrected chi connectivity index (χ4v) is 6.65. The second kappa shape index (κ2) is 32.1. The lowest BCUT2D eigenvalue weighted by molar-refractivity contribution is -0.974. The van der Waals surface area contributed by atoms with Crippen LogP contribution < -0.4 is 0 Å². The second-order valence-corrected chi connectivity index (χ2v) is 15.4. The van der Waals surface area contributed by atoms with Crippen molar-refractivity contribution in [3.63, 3.8) is 0 Å². The number of nitrogens with zero attached hydrogens (tertiary/aromatic N) is 1. The van der Waals surface area contributed by atoms with Gasteiger partial charge >= 0.3 is 17.8 Å². The molecule has 0 atom stereocenters. The third-order valence-corrected chi connectivity index (χ3v) is 9.98. The summed E-state index contributed by atoms with van der Waals surface area (Å²) in [6.07, 6.45) is 40.2. The monoisotopic (exact) mass is 667 g/mol. The van der Waals surface area contributed by atoms with Crippen LogP contribution in [0.25, 0.3) is 0 Å². The third kappa shape index (κ3) is 27.4. The molecule has 0 fully saturated rings. The molecule has 0 rings (SSSR count). The van der Waals surface area contributed by atoms with Crippen LogP contribution in [-0.4, -0.2) is 43.5 Å². The molecule has 0 N–H and O–H groups in total. The van der Waals surface area contributed by atoms with Crippen molar-refractivity contribution < 1.29 is 23.5 Å². The van der Waals surface area contributed by atoms with Crippen LogP contribution in [0.1, 0.15) is 233 Å². The molecular weight excluding hydrogens is 582 g/mol. The molecule has 0 aliphatic rings. The summed E-state index contributed by atoms with van der Waals surface area (Å²) in [6.45, 7) is 6.49. The molecule has 0 radical (unpaired) electrons. The SMILES string of the molecule is CCCCCCCCCCCCCCCCCC(=O)OC(CC)(OC(=O)CCCCCCCCCCCCCCCCC)[N+](C)(C)C. The summed E-state index contributed by atoms with van der Waals surface area (Å²) in [6, 6.07) is 0. The number of ether oxygens (including phenoxy) is 2. The molecule has 0 saturated carbocycles. The first-order chi connectivity index (χ1) is 22.7. The van der Waals surface area contributed by atoms with E-state index in [9.17, 15) is 9.59 Å². The van der Waals surface area contributed by atoms with Gasteiger partial charge in [0.05, 0.1) is 27.6 Å². The van der Waals surface area contributed by atoms with E-state index in [4.69, 9.17) is 9.47 Å². The lowest BCUT2D eigenvalue weighted by atomic mass is 10.0. The highest BCUT2D eigenvalue weighted by molar-refractivity contribution is 5.71. The summed E-state index contributed by atoms with van der Waals surface area (Å²) in [4.78, 5) is 25.7. The van der Waals surface area contributed by atoms with Crippen LogP contribution in [0.4, 0.5) is 0 Å². The van der Waals surface area contributed by atoms with Gasteiger partial charge in [0.2, 0.25) is 0 Å². The lowest BCUT2D eigenvalue weighted by Gasteiger charge is -2.42. The van der Waals surface area contributed by atoms with Crippen molar-refractivity contribution in [2.75, 3.05) is 21.1 Å². The largest absolute Gasteiger partial charge is 0.407 e. The van der Waals surface area contributed by atoms with Crippen molar-refractivity contribution in [1.29, 1.82) is 0 Å². The number of unbranched alkanes of at least 4 members (excludes halogenated alkanes) is 28. The van der Waals surface area contributed by atoms with Crippen molar-refractivity contribution in [1.82, 2.24) is 0 Å². The van der Waals surface area contributed by atoms with Crippen LogP contribution in [0.5, 0.6) is 0 Å². The van der Waals surface area contributed by atoms with Gasteiger partial charge in [0.1, 0.15) is 0 Å². The Morgan fingerprint density at radius 3 is 0.787 bits per heavy atom. The van der Waals surface area contributed by atoms with Gasteiger partial charge in [0, 0.05) is 12.8 Å². The zero-order valence-electron chi connectivity index (χ0n) is 32.9. The molecule has 0 heterocycles. The van der Waals surface area contributed by atoms with Gasteiger partial charge in [-0.1, -0.05) is 201 Å². The van der Waals surface area contributed by atoms with E-state index in [2.05, 4.69) is 13.8 Å². The molecule has 0 bridgehead atoms. The highest BCUT2D eigenvalue weighted by atomic mass is 16.8. The summed E-state index contributed by atoms with van der Waals surface area (Å²) in [5.74, 6) is -1.78. The van der Waals surface area contributed by atoms with Gasteiger partial charge in [0.25, 0.3) is 0 Å². The maximum Gasteiger partial charge on any atom is 0.407 e. The fraction of sp³-hybridized carbons (Fsp3) is 0.952. The third-order valence-electron chi connectivity index (χ3n) is 9.98. The average Bonchev–Trinajstić information content (AvgIpc) is 3.03. The van der Waals surface area contributed by atoms with Gasteiger partial charge in [-0.2, -0.15) is 0 Å². The summed E-state index contributed by atoms with van der Waals surface area (Å²) in [7, 11) is 5.81. The summed E-state index contributed by atoms with van der Waals surface area (Å²) < 4.78 is 12.2. The molecule has 47 heavy (non-hydrogen) atoms. The highest BCUT2D eigenvalue weighted by Crippen LogP contribution is 2.29. The van der Waals surface area contributed by atoms with E-state index in [1.54, 1.807) is 0 Å². The van der Waals surface area contributed by atoms with Gasteiger partial charge in [-0.15, -0.1) is 0 Å². The quantitative estimate of drug-likeness (QED) is 0.0289.